The predicted molar refractivity (Wildman–Crippen MR) is 63.8 cm³/mol. The fraction of sp³-hybridized carbons (Fsp3) is 0.167. The summed E-state index contributed by atoms with van der Waals surface area (Å²) >= 11 is 0.977. The third-order valence-corrected chi connectivity index (χ3v) is 3.54. The minimum Gasteiger partial charge on any atom is -0.477 e. The number of thiazole rings is 1. The Labute approximate surface area is 106 Å². The lowest BCUT2D eigenvalue weighted by molar-refractivity contribution is 0.0702. The van der Waals surface area contributed by atoms with Crippen molar-refractivity contribution in [3.8, 4) is 11.3 Å². The van der Waals surface area contributed by atoms with E-state index in [2.05, 4.69) is 4.98 Å². The van der Waals surface area contributed by atoms with Crippen LogP contribution in [0.15, 0.2) is 18.2 Å². The topological polar surface area (TPSA) is 50.2 Å². The lowest BCUT2D eigenvalue weighted by Gasteiger charge is -2.01. The molecule has 0 unspecified atom stereocenters. The van der Waals surface area contributed by atoms with Crippen LogP contribution in [0.5, 0.6) is 0 Å². The monoisotopic (exact) mass is 269 g/mol. The molecule has 2 aromatic rings. The Hall–Kier alpha value is -1.82. The molecule has 94 valence electrons. The van der Waals surface area contributed by atoms with Gasteiger partial charge in [0.05, 0.1) is 10.7 Å². The largest absolute Gasteiger partial charge is 0.477 e. The SMILES string of the molecule is CCc1nc(-c2cc(F)ccc2F)c(C(=O)O)s1. The van der Waals surface area contributed by atoms with Gasteiger partial charge in [0.2, 0.25) is 0 Å². The number of benzene rings is 1. The van der Waals surface area contributed by atoms with Gasteiger partial charge in [0.15, 0.2) is 0 Å². The normalized spacial score (nSPS) is 10.6. The van der Waals surface area contributed by atoms with Gasteiger partial charge in [-0.05, 0) is 24.6 Å². The van der Waals surface area contributed by atoms with Crippen molar-refractivity contribution in [3.63, 3.8) is 0 Å². The summed E-state index contributed by atoms with van der Waals surface area (Å²) in [4.78, 5) is 15.1. The molecule has 1 N–H and O–H groups in total. The van der Waals surface area contributed by atoms with Crippen molar-refractivity contribution in [1.29, 1.82) is 0 Å². The molecule has 2 rings (SSSR count). The van der Waals surface area contributed by atoms with E-state index in [1.807, 2.05) is 6.92 Å². The highest BCUT2D eigenvalue weighted by Crippen LogP contribution is 2.30. The maximum absolute atomic E-state index is 13.6. The maximum atomic E-state index is 13.6. The van der Waals surface area contributed by atoms with Gasteiger partial charge in [-0.2, -0.15) is 0 Å². The number of hydrogen-bond acceptors (Lipinski definition) is 3. The molecule has 0 radical (unpaired) electrons. The van der Waals surface area contributed by atoms with Gasteiger partial charge in [-0.1, -0.05) is 6.92 Å². The Morgan fingerprint density at radius 2 is 2.17 bits per heavy atom. The summed E-state index contributed by atoms with van der Waals surface area (Å²) in [7, 11) is 0. The third kappa shape index (κ3) is 2.24. The van der Waals surface area contributed by atoms with Crippen LogP contribution in [0.1, 0.15) is 21.6 Å². The van der Waals surface area contributed by atoms with Crippen LogP contribution in [-0.2, 0) is 6.42 Å². The fourth-order valence-electron chi connectivity index (χ4n) is 1.52. The van der Waals surface area contributed by atoms with Crippen LogP contribution >= 0.6 is 11.3 Å². The van der Waals surface area contributed by atoms with E-state index in [9.17, 15) is 13.6 Å². The number of aromatic carboxylic acids is 1. The van der Waals surface area contributed by atoms with E-state index < -0.39 is 17.6 Å². The lowest BCUT2D eigenvalue weighted by atomic mass is 10.1. The highest BCUT2D eigenvalue weighted by atomic mass is 32.1. The van der Waals surface area contributed by atoms with Gasteiger partial charge in [0.1, 0.15) is 16.5 Å². The average molecular weight is 269 g/mol. The second-order valence-electron chi connectivity index (χ2n) is 3.57. The molecule has 0 amide bonds. The lowest BCUT2D eigenvalue weighted by Crippen LogP contribution is -1.97. The molecule has 0 spiro atoms. The molecule has 0 fully saturated rings. The first-order chi connectivity index (χ1) is 8.52. The van der Waals surface area contributed by atoms with Crippen molar-refractivity contribution in [2.24, 2.45) is 0 Å². The van der Waals surface area contributed by atoms with E-state index in [-0.39, 0.29) is 16.1 Å². The highest BCUT2D eigenvalue weighted by molar-refractivity contribution is 7.14. The number of halogens is 2. The zero-order valence-corrected chi connectivity index (χ0v) is 10.2. The highest BCUT2D eigenvalue weighted by Gasteiger charge is 2.21. The van der Waals surface area contributed by atoms with Gasteiger partial charge in [-0.15, -0.1) is 11.3 Å². The van der Waals surface area contributed by atoms with Crippen LogP contribution < -0.4 is 0 Å². The average Bonchev–Trinajstić information content (AvgIpc) is 2.76. The standard InChI is InChI=1S/C12H9F2NO2S/c1-2-9-15-10(11(18-9)12(16)17)7-5-6(13)3-4-8(7)14/h3-5H,2H2,1H3,(H,16,17). The first-order valence-corrected chi connectivity index (χ1v) is 6.03. The minimum atomic E-state index is -1.19. The fourth-order valence-corrected chi connectivity index (χ4v) is 2.38. The number of hydrogen-bond donors (Lipinski definition) is 1. The van der Waals surface area contributed by atoms with Crippen LogP contribution in [0.3, 0.4) is 0 Å². The molecule has 0 saturated carbocycles. The van der Waals surface area contributed by atoms with Crippen LogP contribution in [0, 0.1) is 11.6 Å². The second kappa shape index (κ2) is 4.81. The summed E-state index contributed by atoms with van der Waals surface area (Å²) in [6, 6.07) is 2.89. The zero-order chi connectivity index (χ0) is 13.3. The molecule has 0 saturated heterocycles. The van der Waals surface area contributed by atoms with Gasteiger partial charge in [0, 0.05) is 5.56 Å². The van der Waals surface area contributed by atoms with Crippen molar-refractivity contribution < 1.29 is 18.7 Å². The van der Waals surface area contributed by atoms with Crippen LogP contribution in [0.25, 0.3) is 11.3 Å². The molecule has 0 aliphatic rings. The molecular formula is C12H9F2NO2S. The summed E-state index contributed by atoms with van der Waals surface area (Å²) in [6.07, 6.45) is 0.544. The van der Waals surface area contributed by atoms with Crippen molar-refractivity contribution in [2.45, 2.75) is 13.3 Å². The molecule has 0 aliphatic carbocycles. The molecule has 18 heavy (non-hydrogen) atoms. The van der Waals surface area contributed by atoms with E-state index in [1.165, 1.54) is 0 Å². The number of carboxylic acids is 1. The van der Waals surface area contributed by atoms with Gasteiger partial charge < -0.3 is 5.11 Å². The van der Waals surface area contributed by atoms with Gasteiger partial charge in [-0.25, -0.2) is 18.6 Å². The number of nitrogens with zero attached hydrogens (tertiary/aromatic N) is 1. The smallest absolute Gasteiger partial charge is 0.348 e. The maximum Gasteiger partial charge on any atom is 0.348 e. The minimum absolute atomic E-state index is 0.0126. The Kier molecular flexibility index (Phi) is 3.38. The van der Waals surface area contributed by atoms with Crippen LogP contribution in [0.2, 0.25) is 0 Å². The van der Waals surface area contributed by atoms with E-state index >= 15 is 0 Å². The summed E-state index contributed by atoms with van der Waals surface area (Å²) in [5, 5.41) is 9.63. The number of carbonyl (C=O) groups is 1. The number of carboxylic acid groups (broad SMARTS) is 1. The first kappa shape index (κ1) is 12.6. The van der Waals surface area contributed by atoms with Crippen molar-refractivity contribution in [3.05, 3.63) is 39.7 Å². The number of rotatable bonds is 3. The second-order valence-corrected chi connectivity index (χ2v) is 4.65. The van der Waals surface area contributed by atoms with Gasteiger partial charge >= 0.3 is 5.97 Å². The Morgan fingerprint density at radius 3 is 2.78 bits per heavy atom. The van der Waals surface area contributed by atoms with E-state index in [0.717, 1.165) is 29.5 Å². The molecule has 1 aromatic carbocycles. The van der Waals surface area contributed by atoms with Gasteiger partial charge in [0.25, 0.3) is 0 Å². The molecule has 1 heterocycles. The quantitative estimate of drug-likeness (QED) is 0.929. The molecule has 1 aromatic heterocycles. The molecule has 0 atom stereocenters. The molecule has 0 aliphatic heterocycles. The third-order valence-electron chi connectivity index (χ3n) is 2.35. The van der Waals surface area contributed by atoms with Gasteiger partial charge in [-0.3, -0.25) is 0 Å². The van der Waals surface area contributed by atoms with Crippen molar-refractivity contribution in [2.75, 3.05) is 0 Å². The van der Waals surface area contributed by atoms with Crippen LogP contribution in [-0.4, -0.2) is 16.1 Å². The predicted octanol–water partition coefficient (Wildman–Crippen LogP) is 3.35. The van der Waals surface area contributed by atoms with Crippen LogP contribution in [0.4, 0.5) is 8.78 Å². The molecule has 3 nitrogen and oxygen atoms in total. The molecular weight excluding hydrogens is 260 g/mol. The Bertz CT molecular complexity index is 610. The van der Waals surface area contributed by atoms with E-state index in [0.29, 0.717) is 11.4 Å². The summed E-state index contributed by atoms with van der Waals surface area (Å²) in [6.45, 7) is 1.82. The summed E-state index contributed by atoms with van der Waals surface area (Å²) < 4.78 is 26.7. The first-order valence-electron chi connectivity index (χ1n) is 5.21. The van der Waals surface area contributed by atoms with Crippen molar-refractivity contribution >= 4 is 17.3 Å². The molecule has 0 bridgehead atoms. The van der Waals surface area contributed by atoms with E-state index in [4.69, 9.17) is 5.11 Å². The summed E-state index contributed by atoms with van der Waals surface area (Å²) in [5.41, 5.74) is -0.135. The Balaban J connectivity index is 2.65. The van der Waals surface area contributed by atoms with E-state index in [1.54, 1.807) is 0 Å². The number of aryl methyl sites for hydroxylation is 1. The van der Waals surface area contributed by atoms with Crippen molar-refractivity contribution in [1.82, 2.24) is 4.98 Å². The molecule has 6 heteroatoms. The zero-order valence-electron chi connectivity index (χ0n) is 9.41. The Morgan fingerprint density at radius 1 is 1.44 bits per heavy atom. The number of aromatic nitrogens is 1. The summed E-state index contributed by atoms with van der Waals surface area (Å²) in [5.74, 6) is -2.51.